The SMILES string of the molecule is COc1cc(C)c(C(O)c2c(OC)ncc(C)c2Br)c(OC)c1OC. The van der Waals surface area contributed by atoms with Gasteiger partial charge in [-0.1, -0.05) is 0 Å². The largest absolute Gasteiger partial charge is 0.493 e. The number of pyridine rings is 1. The van der Waals surface area contributed by atoms with Gasteiger partial charge >= 0.3 is 0 Å². The van der Waals surface area contributed by atoms with Crippen LogP contribution in [0.3, 0.4) is 0 Å². The maximum atomic E-state index is 11.2. The molecule has 25 heavy (non-hydrogen) atoms. The van der Waals surface area contributed by atoms with E-state index >= 15 is 0 Å². The molecule has 136 valence electrons. The smallest absolute Gasteiger partial charge is 0.220 e. The number of benzene rings is 1. The summed E-state index contributed by atoms with van der Waals surface area (Å²) in [5.74, 6) is 1.69. The van der Waals surface area contributed by atoms with Crippen molar-refractivity contribution < 1.29 is 24.1 Å². The number of hydrogen-bond acceptors (Lipinski definition) is 6. The highest BCUT2D eigenvalue weighted by Gasteiger charge is 2.29. The molecular weight excluding hydrogens is 390 g/mol. The fourth-order valence-electron chi connectivity index (χ4n) is 2.77. The van der Waals surface area contributed by atoms with Gasteiger partial charge in [0.25, 0.3) is 0 Å². The van der Waals surface area contributed by atoms with E-state index in [-0.39, 0.29) is 0 Å². The fraction of sp³-hybridized carbons (Fsp3) is 0.389. The molecule has 1 atom stereocenters. The van der Waals surface area contributed by atoms with Crippen molar-refractivity contribution in [2.45, 2.75) is 20.0 Å². The summed E-state index contributed by atoms with van der Waals surface area (Å²) in [5, 5.41) is 11.2. The molecule has 1 heterocycles. The van der Waals surface area contributed by atoms with Gasteiger partial charge in [-0.15, -0.1) is 0 Å². The molecule has 1 unspecified atom stereocenters. The predicted molar refractivity (Wildman–Crippen MR) is 98.1 cm³/mol. The molecule has 2 rings (SSSR count). The first-order valence-corrected chi connectivity index (χ1v) is 8.36. The lowest BCUT2D eigenvalue weighted by molar-refractivity contribution is 0.204. The lowest BCUT2D eigenvalue weighted by atomic mass is 9.95. The third kappa shape index (κ3) is 3.39. The molecule has 1 aromatic carbocycles. The molecule has 0 aliphatic heterocycles. The Labute approximate surface area is 155 Å². The minimum absolute atomic E-state index is 0.334. The molecular formula is C18H22BrNO5. The van der Waals surface area contributed by atoms with Crippen molar-refractivity contribution in [1.82, 2.24) is 4.98 Å². The number of rotatable bonds is 6. The zero-order valence-corrected chi connectivity index (χ0v) is 16.7. The van der Waals surface area contributed by atoms with Crippen molar-refractivity contribution in [3.05, 3.63) is 39.0 Å². The van der Waals surface area contributed by atoms with Crippen molar-refractivity contribution in [3.63, 3.8) is 0 Å². The van der Waals surface area contributed by atoms with Crippen LogP contribution < -0.4 is 18.9 Å². The van der Waals surface area contributed by atoms with Crippen LogP contribution >= 0.6 is 15.9 Å². The second-order valence-electron chi connectivity index (χ2n) is 5.46. The van der Waals surface area contributed by atoms with Gasteiger partial charge in [0.05, 0.1) is 34.0 Å². The monoisotopic (exact) mass is 411 g/mol. The number of aliphatic hydroxyl groups is 1. The average Bonchev–Trinajstić information content (AvgIpc) is 2.61. The van der Waals surface area contributed by atoms with Crippen molar-refractivity contribution in [3.8, 4) is 23.1 Å². The molecule has 1 aromatic heterocycles. The highest BCUT2D eigenvalue weighted by atomic mass is 79.9. The number of methoxy groups -OCH3 is 4. The molecule has 6 nitrogen and oxygen atoms in total. The molecule has 0 bridgehead atoms. The van der Waals surface area contributed by atoms with Gasteiger partial charge in [0.2, 0.25) is 11.6 Å². The van der Waals surface area contributed by atoms with E-state index in [0.29, 0.717) is 34.3 Å². The Morgan fingerprint density at radius 1 is 0.920 bits per heavy atom. The predicted octanol–water partition coefficient (Wildman–Crippen LogP) is 3.58. The zero-order valence-electron chi connectivity index (χ0n) is 15.1. The number of halogens is 1. The van der Waals surface area contributed by atoms with Gasteiger partial charge in [-0.05, 0) is 47.0 Å². The minimum atomic E-state index is -1.04. The highest BCUT2D eigenvalue weighted by Crippen LogP contribution is 2.47. The fourth-order valence-corrected chi connectivity index (χ4v) is 3.26. The number of aliphatic hydroxyl groups excluding tert-OH is 1. The van der Waals surface area contributed by atoms with E-state index < -0.39 is 6.10 Å². The van der Waals surface area contributed by atoms with Crippen LogP contribution in [-0.2, 0) is 0 Å². The third-order valence-corrected chi connectivity index (χ3v) is 5.06. The van der Waals surface area contributed by atoms with Gasteiger partial charge in [-0.25, -0.2) is 4.98 Å². The van der Waals surface area contributed by atoms with E-state index in [2.05, 4.69) is 20.9 Å². The van der Waals surface area contributed by atoms with Crippen LogP contribution in [-0.4, -0.2) is 38.5 Å². The van der Waals surface area contributed by atoms with E-state index in [9.17, 15) is 5.11 Å². The van der Waals surface area contributed by atoms with Crippen LogP contribution in [0.25, 0.3) is 0 Å². The Kier molecular flexibility index (Phi) is 6.13. The standard InChI is InChI=1S/C18H22BrNO5/c1-9-7-11(22-3)16(23-4)17(24-5)12(9)15(21)13-14(19)10(2)8-20-18(13)25-6/h7-8,15,21H,1-6H3. The maximum absolute atomic E-state index is 11.2. The quantitative estimate of drug-likeness (QED) is 0.783. The number of nitrogens with zero attached hydrogens (tertiary/aromatic N) is 1. The number of aromatic nitrogens is 1. The van der Waals surface area contributed by atoms with Crippen LogP contribution in [0.1, 0.15) is 28.4 Å². The third-order valence-electron chi connectivity index (χ3n) is 4.00. The van der Waals surface area contributed by atoms with E-state index in [1.165, 1.54) is 21.3 Å². The first-order valence-electron chi connectivity index (χ1n) is 7.57. The molecule has 0 saturated carbocycles. The Morgan fingerprint density at radius 3 is 2.08 bits per heavy atom. The van der Waals surface area contributed by atoms with Crippen molar-refractivity contribution in [2.24, 2.45) is 0 Å². The molecule has 0 aliphatic rings. The zero-order chi connectivity index (χ0) is 18.7. The molecule has 0 fully saturated rings. The Balaban J connectivity index is 2.77. The van der Waals surface area contributed by atoms with Crippen LogP contribution in [0.2, 0.25) is 0 Å². The maximum Gasteiger partial charge on any atom is 0.220 e. The van der Waals surface area contributed by atoms with E-state index in [1.807, 2.05) is 13.8 Å². The molecule has 1 N–H and O–H groups in total. The molecule has 0 saturated heterocycles. The summed E-state index contributed by atoms with van der Waals surface area (Å²) in [6.45, 7) is 3.76. The summed E-state index contributed by atoms with van der Waals surface area (Å²) in [4.78, 5) is 4.26. The summed E-state index contributed by atoms with van der Waals surface area (Å²) < 4.78 is 22.4. The minimum Gasteiger partial charge on any atom is -0.493 e. The van der Waals surface area contributed by atoms with Crippen LogP contribution in [0.5, 0.6) is 23.1 Å². The van der Waals surface area contributed by atoms with Crippen molar-refractivity contribution in [1.29, 1.82) is 0 Å². The summed E-state index contributed by atoms with van der Waals surface area (Å²) in [7, 11) is 6.11. The number of aryl methyl sites for hydroxylation is 2. The van der Waals surface area contributed by atoms with E-state index in [4.69, 9.17) is 18.9 Å². The van der Waals surface area contributed by atoms with E-state index in [1.54, 1.807) is 19.4 Å². The number of ether oxygens (including phenoxy) is 4. The van der Waals surface area contributed by atoms with Gasteiger partial charge < -0.3 is 24.1 Å². The summed E-state index contributed by atoms with van der Waals surface area (Å²) in [5.41, 5.74) is 2.76. The van der Waals surface area contributed by atoms with Crippen molar-refractivity contribution >= 4 is 15.9 Å². The summed E-state index contributed by atoms with van der Waals surface area (Å²) in [6, 6.07) is 1.80. The first kappa shape index (κ1) is 19.3. The van der Waals surface area contributed by atoms with Gasteiger partial charge in [0.15, 0.2) is 11.5 Å². The average molecular weight is 412 g/mol. The molecule has 0 aliphatic carbocycles. The molecule has 2 aromatic rings. The first-order chi connectivity index (χ1) is 11.9. The second kappa shape index (κ2) is 7.93. The van der Waals surface area contributed by atoms with Crippen LogP contribution in [0.15, 0.2) is 16.7 Å². The molecule has 0 amide bonds. The lowest BCUT2D eigenvalue weighted by Gasteiger charge is -2.23. The van der Waals surface area contributed by atoms with Gasteiger partial charge in [0, 0.05) is 16.2 Å². The normalized spacial score (nSPS) is 11.8. The Bertz CT molecular complexity index is 779. The van der Waals surface area contributed by atoms with Crippen LogP contribution in [0.4, 0.5) is 0 Å². The number of hydrogen-bond donors (Lipinski definition) is 1. The Morgan fingerprint density at radius 2 is 1.56 bits per heavy atom. The van der Waals surface area contributed by atoms with Crippen LogP contribution in [0, 0.1) is 13.8 Å². The van der Waals surface area contributed by atoms with Gasteiger partial charge in [0.1, 0.15) is 6.10 Å². The highest BCUT2D eigenvalue weighted by molar-refractivity contribution is 9.10. The van der Waals surface area contributed by atoms with E-state index in [0.717, 1.165) is 15.6 Å². The molecule has 0 spiro atoms. The molecule has 7 heteroatoms. The summed E-state index contributed by atoms with van der Waals surface area (Å²) >= 11 is 3.53. The second-order valence-corrected chi connectivity index (χ2v) is 6.25. The Hall–Kier alpha value is -1.99. The van der Waals surface area contributed by atoms with Crippen molar-refractivity contribution in [2.75, 3.05) is 28.4 Å². The van der Waals surface area contributed by atoms with Gasteiger partial charge in [-0.3, -0.25) is 0 Å². The summed E-state index contributed by atoms with van der Waals surface area (Å²) in [6.07, 6.45) is 0.643. The lowest BCUT2D eigenvalue weighted by Crippen LogP contribution is -2.10. The molecule has 0 radical (unpaired) electrons. The topological polar surface area (TPSA) is 70.0 Å². The van der Waals surface area contributed by atoms with Gasteiger partial charge in [-0.2, -0.15) is 0 Å².